The maximum atomic E-state index is 13.1. The number of aliphatic hydroxyl groups is 1. The lowest BCUT2D eigenvalue weighted by molar-refractivity contribution is 0.0692. The number of halogens is 2. The van der Waals surface area contributed by atoms with E-state index in [0.717, 1.165) is 11.1 Å². The molecule has 0 aliphatic carbocycles. The van der Waals surface area contributed by atoms with Gasteiger partial charge in [-0.25, -0.2) is 13.2 Å². The number of aromatic carboxylic acids is 1. The first-order valence-corrected chi connectivity index (χ1v) is 13.6. The summed E-state index contributed by atoms with van der Waals surface area (Å²) in [7, 11) is -3.99. The molecular formula is C25H27Cl2NO5S2. The van der Waals surface area contributed by atoms with Crippen LogP contribution in [0.25, 0.3) is 0 Å². The van der Waals surface area contributed by atoms with Gasteiger partial charge in [-0.15, -0.1) is 24.2 Å². The van der Waals surface area contributed by atoms with Crippen LogP contribution >= 0.6 is 35.8 Å². The maximum absolute atomic E-state index is 13.1. The smallest absolute Gasteiger partial charge is 0.337 e. The fraction of sp³-hybridized carbons (Fsp3) is 0.240. The number of carboxylic acid groups (broad SMARTS) is 1. The van der Waals surface area contributed by atoms with Gasteiger partial charge in [-0.1, -0.05) is 35.9 Å². The van der Waals surface area contributed by atoms with Crippen LogP contribution in [-0.4, -0.2) is 43.4 Å². The molecule has 0 fully saturated rings. The summed E-state index contributed by atoms with van der Waals surface area (Å²) in [5.41, 5.74) is 1.40. The number of hydrogen-bond donors (Lipinski definition) is 3. The Kier molecular flexibility index (Phi) is 10.6. The Morgan fingerprint density at radius 2 is 1.77 bits per heavy atom. The fourth-order valence-corrected chi connectivity index (χ4v) is 5.61. The number of carbonyl (C=O) groups is 1. The van der Waals surface area contributed by atoms with Gasteiger partial charge in [0.15, 0.2) is 0 Å². The summed E-state index contributed by atoms with van der Waals surface area (Å²) < 4.78 is 26.2. The zero-order valence-corrected chi connectivity index (χ0v) is 22.3. The van der Waals surface area contributed by atoms with Crippen molar-refractivity contribution < 1.29 is 23.4 Å². The largest absolute Gasteiger partial charge is 0.478 e. The highest BCUT2D eigenvalue weighted by atomic mass is 35.5. The summed E-state index contributed by atoms with van der Waals surface area (Å²) in [4.78, 5) is 12.1. The summed E-state index contributed by atoms with van der Waals surface area (Å²) in [5, 5.41) is 23.7. The summed E-state index contributed by atoms with van der Waals surface area (Å²) in [6.07, 6.45) is 1.71. The van der Waals surface area contributed by atoms with E-state index < -0.39 is 21.9 Å². The van der Waals surface area contributed by atoms with E-state index >= 15 is 0 Å². The molecule has 0 aromatic heterocycles. The molecule has 6 nitrogen and oxygen atoms in total. The minimum Gasteiger partial charge on any atom is -0.478 e. The molecule has 35 heavy (non-hydrogen) atoms. The van der Waals surface area contributed by atoms with Crippen molar-refractivity contribution in [2.24, 2.45) is 0 Å². The molecular weight excluding hydrogens is 529 g/mol. The second-order valence-corrected chi connectivity index (χ2v) is 11.1. The van der Waals surface area contributed by atoms with Gasteiger partial charge in [-0.3, -0.25) is 0 Å². The molecule has 0 radical (unpaired) electrons. The van der Waals surface area contributed by atoms with Gasteiger partial charge in [-0.05, 0) is 73.2 Å². The van der Waals surface area contributed by atoms with E-state index in [1.54, 1.807) is 42.7 Å². The minimum atomic E-state index is -3.99. The lowest BCUT2D eigenvalue weighted by Gasteiger charge is -2.18. The predicted octanol–water partition coefficient (Wildman–Crippen LogP) is 5.27. The molecule has 0 spiro atoms. The molecule has 10 heteroatoms. The predicted molar refractivity (Wildman–Crippen MR) is 142 cm³/mol. The number of benzene rings is 3. The quantitative estimate of drug-likeness (QED) is 0.293. The van der Waals surface area contributed by atoms with E-state index in [1.807, 2.05) is 13.0 Å². The van der Waals surface area contributed by atoms with Crippen LogP contribution in [0.4, 0.5) is 0 Å². The average Bonchev–Trinajstić information content (AvgIpc) is 2.82. The normalized spacial score (nSPS) is 13.0. The summed E-state index contributed by atoms with van der Waals surface area (Å²) in [6.45, 7) is 2.32. The molecule has 0 bridgehead atoms. The highest BCUT2D eigenvalue weighted by Gasteiger charge is 2.25. The van der Waals surface area contributed by atoms with Crippen molar-refractivity contribution in [1.82, 2.24) is 5.32 Å². The van der Waals surface area contributed by atoms with Crippen molar-refractivity contribution in [2.45, 2.75) is 40.2 Å². The number of sulfone groups is 1. The zero-order valence-electron chi connectivity index (χ0n) is 19.1. The molecule has 0 heterocycles. The number of nitrogens with one attached hydrogen (secondary N) is 1. The number of aliphatic hydroxyl groups excluding tert-OH is 1. The topological polar surface area (TPSA) is 104 Å². The monoisotopic (exact) mass is 555 g/mol. The van der Waals surface area contributed by atoms with E-state index in [2.05, 4.69) is 5.32 Å². The standard InChI is InChI=1S/C25H26ClNO5S2.ClH/c1-16(27-15-23(28)18-4-3-5-19(26)13-18)12-17-6-9-21(10-7-17)34(31,32)24-11-8-20(33-2)14-22(24)25(29)30;/h3-11,13-14,16,23,27-28H,12,15H2,1-2H3,(H,29,30);1H/t16-,23+;/m1./s1. The Balaban J connectivity index is 0.00000432. The van der Waals surface area contributed by atoms with Gasteiger partial charge in [0.25, 0.3) is 0 Å². The molecule has 3 aromatic carbocycles. The van der Waals surface area contributed by atoms with Crippen molar-refractivity contribution in [3.8, 4) is 0 Å². The van der Waals surface area contributed by atoms with Crippen LogP contribution in [0, 0.1) is 0 Å². The average molecular weight is 557 g/mol. The van der Waals surface area contributed by atoms with Crippen LogP contribution in [0.15, 0.2) is 81.4 Å². The van der Waals surface area contributed by atoms with Gasteiger partial charge < -0.3 is 15.5 Å². The molecule has 3 rings (SSSR count). The summed E-state index contributed by atoms with van der Waals surface area (Å²) in [5.74, 6) is -1.29. The van der Waals surface area contributed by atoms with Crippen LogP contribution in [0.1, 0.15) is 34.5 Å². The molecule has 0 saturated carbocycles. The van der Waals surface area contributed by atoms with Crippen molar-refractivity contribution >= 4 is 51.6 Å². The first-order valence-electron chi connectivity index (χ1n) is 10.5. The first-order chi connectivity index (χ1) is 16.1. The molecule has 0 unspecified atom stereocenters. The van der Waals surface area contributed by atoms with Crippen LogP contribution in [0.3, 0.4) is 0 Å². The van der Waals surface area contributed by atoms with Crippen molar-refractivity contribution in [3.05, 3.63) is 88.4 Å². The molecule has 2 atom stereocenters. The lowest BCUT2D eigenvalue weighted by Crippen LogP contribution is -2.32. The zero-order chi connectivity index (χ0) is 24.9. The Morgan fingerprint density at radius 3 is 2.37 bits per heavy atom. The van der Waals surface area contributed by atoms with E-state index in [-0.39, 0.29) is 33.8 Å². The summed E-state index contributed by atoms with van der Waals surface area (Å²) in [6, 6.07) is 17.8. The first kappa shape index (κ1) is 29.2. The SMILES string of the molecule is CSc1ccc(S(=O)(=O)c2ccc(C[C@@H](C)NC[C@H](O)c3cccc(Cl)c3)cc2)c(C(=O)O)c1.Cl. The number of rotatable bonds is 10. The van der Waals surface area contributed by atoms with E-state index in [0.29, 0.717) is 22.9 Å². The van der Waals surface area contributed by atoms with Crippen molar-refractivity contribution in [2.75, 3.05) is 12.8 Å². The molecule has 0 amide bonds. The van der Waals surface area contributed by atoms with Gasteiger partial charge in [0, 0.05) is 22.5 Å². The third-order valence-corrected chi connectivity index (χ3v) is 8.16. The third kappa shape index (κ3) is 7.46. The maximum Gasteiger partial charge on any atom is 0.337 e. The molecule has 3 aromatic rings. The Bertz CT molecular complexity index is 1270. The van der Waals surface area contributed by atoms with E-state index in [9.17, 15) is 23.4 Å². The number of carboxylic acids is 1. The van der Waals surface area contributed by atoms with Crippen molar-refractivity contribution in [3.63, 3.8) is 0 Å². The van der Waals surface area contributed by atoms with Crippen molar-refractivity contribution in [1.29, 1.82) is 0 Å². The van der Waals surface area contributed by atoms with E-state index in [4.69, 9.17) is 11.6 Å². The van der Waals surface area contributed by atoms with Crippen LogP contribution in [0.2, 0.25) is 5.02 Å². The van der Waals surface area contributed by atoms with Gasteiger partial charge >= 0.3 is 5.97 Å². The van der Waals surface area contributed by atoms with Gasteiger partial charge in [0.1, 0.15) is 0 Å². The van der Waals surface area contributed by atoms with E-state index in [1.165, 1.54) is 36.0 Å². The number of hydrogen-bond acceptors (Lipinski definition) is 6. The minimum absolute atomic E-state index is 0. The second kappa shape index (κ2) is 12.8. The lowest BCUT2D eigenvalue weighted by atomic mass is 10.1. The second-order valence-electron chi connectivity index (χ2n) is 7.90. The highest BCUT2D eigenvalue weighted by Crippen LogP contribution is 2.28. The van der Waals surface area contributed by atoms with Gasteiger partial charge in [0.05, 0.1) is 21.5 Å². The number of thioether (sulfide) groups is 1. The molecule has 0 aliphatic rings. The van der Waals surface area contributed by atoms with Crippen LogP contribution in [0.5, 0.6) is 0 Å². The highest BCUT2D eigenvalue weighted by molar-refractivity contribution is 7.98. The Hall–Kier alpha value is -2.07. The Morgan fingerprint density at radius 1 is 1.09 bits per heavy atom. The molecule has 0 saturated heterocycles. The summed E-state index contributed by atoms with van der Waals surface area (Å²) >= 11 is 7.32. The molecule has 188 valence electrons. The molecule has 0 aliphatic heterocycles. The fourth-order valence-electron chi connectivity index (χ4n) is 3.54. The van der Waals surface area contributed by atoms with Gasteiger partial charge in [-0.2, -0.15) is 0 Å². The van der Waals surface area contributed by atoms with Gasteiger partial charge in [0.2, 0.25) is 9.84 Å². The Labute approximate surface area is 221 Å². The van der Waals surface area contributed by atoms with Crippen LogP contribution in [-0.2, 0) is 16.3 Å². The molecule has 3 N–H and O–H groups in total. The third-order valence-electron chi connectivity index (χ3n) is 5.38. The van der Waals surface area contributed by atoms with Crippen LogP contribution < -0.4 is 5.32 Å².